The lowest BCUT2D eigenvalue weighted by molar-refractivity contribution is -0.143. The van der Waals surface area contributed by atoms with Gasteiger partial charge in [-0.15, -0.1) is 0 Å². The van der Waals surface area contributed by atoms with Gasteiger partial charge in [-0.05, 0) is 42.5 Å². The first-order valence-corrected chi connectivity index (χ1v) is 9.45. The average Bonchev–Trinajstić information content (AvgIpc) is 3.53. The summed E-state index contributed by atoms with van der Waals surface area (Å²) in [6.45, 7) is 2.76. The van der Waals surface area contributed by atoms with Crippen LogP contribution in [0.25, 0.3) is 0 Å². The van der Waals surface area contributed by atoms with Crippen molar-refractivity contribution in [3.8, 4) is 11.5 Å². The van der Waals surface area contributed by atoms with Crippen molar-refractivity contribution in [1.82, 2.24) is 5.32 Å². The number of ether oxygens (including phenoxy) is 2. The molecule has 3 unspecified atom stereocenters. The monoisotopic (exact) mass is 381 g/mol. The Balaban J connectivity index is 1.40. The number of fused-ring (bicyclic) bond motifs is 1. The third kappa shape index (κ3) is 3.42. The van der Waals surface area contributed by atoms with Gasteiger partial charge in [-0.25, -0.2) is 0 Å². The number of amides is 1. The molecule has 0 saturated heterocycles. The molecule has 28 heavy (non-hydrogen) atoms. The molecule has 6 heteroatoms. The summed E-state index contributed by atoms with van der Waals surface area (Å²) in [7, 11) is 0. The summed E-state index contributed by atoms with van der Waals surface area (Å²) < 4.78 is 11.1. The molecule has 1 aliphatic heterocycles. The minimum atomic E-state index is -1.17. The Morgan fingerprint density at radius 2 is 1.82 bits per heavy atom. The van der Waals surface area contributed by atoms with E-state index in [1.54, 1.807) is 31.2 Å². The van der Waals surface area contributed by atoms with Crippen LogP contribution in [0.5, 0.6) is 11.5 Å². The van der Waals surface area contributed by atoms with Gasteiger partial charge < -0.3 is 19.9 Å². The van der Waals surface area contributed by atoms with E-state index in [9.17, 15) is 14.7 Å². The Morgan fingerprint density at radius 3 is 2.54 bits per heavy atom. The number of carboxylic acids is 1. The molecule has 4 rings (SSSR count). The lowest BCUT2D eigenvalue weighted by Gasteiger charge is -2.25. The number of carbonyl (C=O) groups excluding carboxylic acids is 1. The molecule has 1 amide bonds. The maximum atomic E-state index is 12.6. The van der Waals surface area contributed by atoms with Crippen LogP contribution in [0.2, 0.25) is 0 Å². The van der Waals surface area contributed by atoms with E-state index in [4.69, 9.17) is 9.47 Å². The van der Waals surface area contributed by atoms with E-state index >= 15 is 0 Å². The van der Waals surface area contributed by atoms with Crippen molar-refractivity contribution in [3.63, 3.8) is 0 Å². The third-order valence-corrected chi connectivity index (χ3v) is 5.62. The molecule has 1 heterocycles. The molecule has 6 nitrogen and oxygen atoms in total. The smallest absolute Gasteiger partial charge is 0.315 e. The molecule has 1 saturated carbocycles. The number of carboxylic acid groups (broad SMARTS) is 1. The van der Waals surface area contributed by atoms with Crippen LogP contribution in [0.4, 0.5) is 0 Å². The Kier molecular flexibility index (Phi) is 4.71. The molecule has 2 aliphatic rings. The zero-order valence-electron chi connectivity index (χ0n) is 15.7. The van der Waals surface area contributed by atoms with Gasteiger partial charge in [-0.3, -0.25) is 9.59 Å². The predicted molar refractivity (Wildman–Crippen MR) is 103 cm³/mol. The van der Waals surface area contributed by atoms with Crippen LogP contribution in [-0.2, 0) is 15.0 Å². The summed E-state index contributed by atoms with van der Waals surface area (Å²) in [5.41, 5.74) is 0.550. The third-order valence-electron chi connectivity index (χ3n) is 5.62. The standard InChI is InChI=1S/C22H23NO5/c1-22(21(25)26,15-5-3-2-4-6-15)13-23-20(24)17-12-16(17)14-7-8-18-19(11-14)28-10-9-27-18/h2-8,11,16-17H,9-10,12-13H2,1H3,(H,23,24)(H,25,26). The highest BCUT2D eigenvalue weighted by Gasteiger charge is 2.45. The minimum absolute atomic E-state index is 0.0511. The Hall–Kier alpha value is -3.02. The maximum absolute atomic E-state index is 12.6. The minimum Gasteiger partial charge on any atom is -0.486 e. The van der Waals surface area contributed by atoms with Gasteiger partial charge in [0.05, 0.1) is 0 Å². The number of aliphatic carboxylic acids is 1. The van der Waals surface area contributed by atoms with E-state index < -0.39 is 11.4 Å². The summed E-state index contributed by atoms with van der Waals surface area (Å²) in [4.78, 5) is 24.5. The van der Waals surface area contributed by atoms with Gasteiger partial charge in [0.1, 0.15) is 18.6 Å². The van der Waals surface area contributed by atoms with Gasteiger partial charge in [0.2, 0.25) is 5.91 Å². The molecule has 2 N–H and O–H groups in total. The van der Waals surface area contributed by atoms with Crippen LogP contribution in [0.15, 0.2) is 48.5 Å². The van der Waals surface area contributed by atoms with Crippen LogP contribution in [0.1, 0.15) is 30.4 Å². The molecule has 2 aromatic rings. The quantitative estimate of drug-likeness (QED) is 0.804. The number of carbonyl (C=O) groups is 2. The highest BCUT2D eigenvalue weighted by atomic mass is 16.6. The molecule has 2 aromatic carbocycles. The largest absolute Gasteiger partial charge is 0.486 e. The van der Waals surface area contributed by atoms with Gasteiger partial charge in [0, 0.05) is 12.5 Å². The topological polar surface area (TPSA) is 84.9 Å². The number of rotatable bonds is 6. The second kappa shape index (κ2) is 7.19. The van der Waals surface area contributed by atoms with Gasteiger partial charge in [-0.1, -0.05) is 36.4 Å². The van der Waals surface area contributed by atoms with Crippen molar-refractivity contribution < 1.29 is 24.2 Å². The zero-order valence-corrected chi connectivity index (χ0v) is 15.7. The summed E-state index contributed by atoms with van der Waals surface area (Å²) in [6, 6.07) is 14.8. The highest BCUT2D eigenvalue weighted by molar-refractivity contribution is 5.86. The highest BCUT2D eigenvalue weighted by Crippen LogP contribution is 2.49. The molecule has 0 aromatic heterocycles. The summed E-state index contributed by atoms with van der Waals surface area (Å²) >= 11 is 0. The Labute approximate surface area is 163 Å². The zero-order chi connectivity index (χ0) is 19.7. The van der Waals surface area contributed by atoms with Gasteiger partial charge in [-0.2, -0.15) is 0 Å². The van der Waals surface area contributed by atoms with Gasteiger partial charge in [0.15, 0.2) is 11.5 Å². The molecule has 146 valence electrons. The molecule has 0 spiro atoms. The molecule has 0 radical (unpaired) electrons. The summed E-state index contributed by atoms with van der Waals surface area (Å²) in [5, 5.41) is 12.6. The normalized spacial score (nSPS) is 22.0. The molecular formula is C22H23NO5. The molecule has 1 fully saturated rings. The van der Waals surface area contributed by atoms with E-state index in [0.29, 0.717) is 18.8 Å². The van der Waals surface area contributed by atoms with Crippen LogP contribution < -0.4 is 14.8 Å². The van der Waals surface area contributed by atoms with Gasteiger partial charge in [0.25, 0.3) is 0 Å². The second-order valence-corrected chi connectivity index (χ2v) is 7.57. The van der Waals surface area contributed by atoms with E-state index in [-0.39, 0.29) is 24.3 Å². The first-order chi connectivity index (χ1) is 13.5. The fourth-order valence-corrected chi connectivity index (χ4v) is 3.65. The second-order valence-electron chi connectivity index (χ2n) is 7.57. The van der Waals surface area contributed by atoms with Crippen molar-refractivity contribution in [1.29, 1.82) is 0 Å². The number of hydrogen-bond acceptors (Lipinski definition) is 4. The maximum Gasteiger partial charge on any atom is 0.315 e. The van der Waals surface area contributed by atoms with Crippen LogP contribution in [-0.4, -0.2) is 36.7 Å². The van der Waals surface area contributed by atoms with Crippen molar-refractivity contribution in [2.45, 2.75) is 24.7 Å². The fourth-order valence-electron chi connectivity index (χ4n) is 3.65. The van der Waals surface area contributed by atoms with Crippen LogP contribution >= 0.6 is 0 Å². The Morgan fingerprint density at radius 1 is 1.11 bits per heavy atom. The number of benzene rings is 2. The van der Waals surface area contributed by atoms with Crippen molar-refractivity contribution in [2.24, 2.45) is 5.92 Å². The first-order valence-electron chi connectivity index (χ1n) is 9.45. The van der Waals surface area contributed by atoms with Gasteiger partial charge >= 0.3 is 5.97 Å². The van der Waals surface area contributed by atoms with E-state index in [1.165, 1.54) is 0 Å². The molecule has 0 bridgehead atoms. The number of hydrogen-bond donors (Lipinski definition) is 2. The van der Waals surface area contributed by atoms with Crippen LogP contribution in [0.3, 0.4) is 0 Å². The predicted octanol–water partition coefficient (Wildman–Crippen LogP) is 2.72. The lowest BCUT2D eigenvalue weighted by Crippen LogP contribution is -2.44. The van der Waals surface area contributed by atoms with E-state index in [1.807, 2.05) is 24.3 Å². The SMILES string of the molecule is CC(CNC(=O)C1CC1c1ccc2c(c1)OCCO2)(C(=O)O)c1ccccc1. The Bertz CT molecular complexity index is 897. The van der Waals surface area contributed by atoms with E-state index in [2.05, 4.69) is 5.32 Å². The van der Waals surface area contributed by atoms with Crippen molar-refractivity contribution in [3.05, 3.63) is 59.7 Å². The van der Waals surface area contributed by atoms with Crippen molar-refractivity contribution in [2.75, 3.05) is 19.8 Å². The molecular weight excluding hydrogens is 358 g/mol. The summed E-state index contributed by atoms with van der Waals surface area (Å²) in [6.07, 6.45) is 0.751. The first kappa shape index (κ1) is 18.3. The lowest BCUT2D eigenvalue weighted by atomic mass is 9.82. The van der Waals surface area contributed by atoms with Crippen LogP contribution in [0, 0.1) is 5.92 Å². The van der Waals surface area contributed by atoms with Crippen molar-refractivity contribution >= 4 is 11.9 Å². The summed E-state index contributed by atoms with van der Waals surface area (Å²) in [5.74, 6) is 0.371. The average molecular weight is 381 g/mol. The molecule has 1 aliphatic carbocycles. The fraction of sp³-hybridized carbons (Fsp3) is 0.364. The molecule has 3 atom stereocenters. The number of nitrogens with one attached hydrogen (secondary N) is 1. The van der Waals surface area contributed by atoms with E-state index in [0.717, 1.165) is 23.5 Å².